The molecule has 0 saturated carbocycles. The molecular formula is C12H15F3N2O. The summed E-state index contributed by atoms with van der Waals surface area (Å²) in [6.07, 6.45) is -3.98. The van der Waals surface area contributed by atoms with Crippen molar-refractivity contribution in [1.82, 2.24) is 0 Å². The number of aryl methyl sites for hydroxylation is 1. The first-order valence-corrected chi connectivity index (χ1v) is 5.44. The van der Waals surface area contributed by atoms with Gasteiger partial charge in [-0.25, -0.2) is 0 Å². The number of alkyl halides is 3. The van der Waals surface area contributed by atoms with Crippen LogP contribution >= 0.6 is 0 Å². The van der Waals surface area contributed by atoms with Crippen LogP contribution in [-0.2, 0) is 11.2 Å². The van der Waals surface area contributed by atoms with Gasteiger partial charge in [0, 0.05) is 5.69 Å². The molecule has 0 bridgehead atoms. The van der Waals surface area contributed by atoms with Crippen molar-refractivity contribution in [2.45, 2.75) is 32.0 Å². The summed E-state index contributed by atoms with van der Waals surface area (Å²) in [7, 11) is 0. The van der Waals surface area contributed by atoms with Crippen molar-refractivity contribution >= 4 is 11.6 Å². The van der Waals surface area contributed by atoms with Crippen molar-refractivity contribution in [3.8, 4) is 0 Å². The van der Waals surface area contributed by atoms with E-state index in [2.05, 4.69) is 5.32 Å². The van der Waals surface area contributed by atoms with Gasteiger partial charge in [0.15, 0.2) is 5.54 Å². The van der Waals surface area contributed by atoms with Crippen LogP contribution in [0.25, 0.3) is 0 Å². The predicted molar refractivity (Wildman–Crippen MR) is 63.1 cm³/mol. The number of anilines is 1. The second-order valence-electron chi connectivity index (χ2n) is 4.20. The monoisotopic (exact) mass is 260 g/mol. The number of nitrogens with one attached hydrogen (secondary N) is 1. The summed E-state index contributed by atoms with van der Waals surface area (Å²) in [6, 6.07) is 6.56. The summed E-state index contributed by atoms with van der Waals surface area (Å²) in [5.41, 5.74) is 3.41. The SMILES string of the molecule is CCc1ccc(NC(=O)C(C)(N)C(F)(F)F)cc1. The average molecular weight is 260 g/mol. The maximum absolute atomic E-state index is 12.5. The molecule has 0 spiro atoms. The van der Waals surface area contributed by atoms with Gasteiger partial charge in [-0.3, -0.25) is 4.79 Å². The Morgan fingerprint density at radius 1 is 1.28 bits per heavy atom. The first kappa shape index (κ1) is 14.5. The maximum Gasteiger partial charge on any atom is 0.415 e. The highest BCUT2D eigenvalue weighted by molar-refractivity contribution is 5.98. The molecule has 0 aliphatic heterocycles. The van der Waals surface area contributed by atoms with Crippen LogP contribution in [0.15, 0.2) is 24.3 Å². The predicted octanol–water partition coefficient (Wildman–Crippen LogP) is 2.47. The van der Waals surface area contributed by atoms with E-state index in [1.807, 2.05) is 6.92 Å². The molecule has 18 heavy (non-hydrogen) atoms. The zero-order chi connectivity index (χ0) is 14.0. The van der Waals surface area contributed by atoms with Gasteiger partial charge >= 0.3 is 6.18 Å². The van der Waals surface area contributed by atoms with Gasteiger partial charge in [-0.1, -0.05) is 19.1 Å². The fourth-order valence-corrected chi connectivity index (χ4v) is 1.21. The zero-order valence-corrected chi connectivity index (χ0v) is 10.1. The Kier molecular flexibility index (Phi) is 4.01. The average Bonchev–Trinajstić information content (AvgIpc) is 2.28. The molecule has 1 aromatic carbocycles. The molecule has 1 rings (SSSR count). The molecule has 1 atom stereocenters. The Morgan fingerprint density at radius 3 is 2.17 bits per heavy atom. The molecule has 6 heteroatoms. The number of amides is 1. The molecule has 100 valence electrons. The lowest BCUT2D eigenvalue weighted by Gasteiger charge is -2.26. The lowest BCUT2D eigenvalue weighted by molar-refractivity contribution is -0.184. The van der Waals surface area contributed by atoms with Crippen LogP contribution in [0.1, 0.15) is 19.4 Å². The van der Waals surface area contributed by atoms with Crippen LogP contribution in [0.2, 0.25) is 0 Å². The molecule has 0 saturated heterocycles. The molecule has 1 aromatic rings. The van der Waals surface area contributed by atoms with Crippen LogP contribution < -0.4 is 11.1 Å². The molecule has 0 radical (unpaired) electrons. The minimum atomic E-state index is -4.79. The van der Waals surface area contributed by atoms with E-state index in [4.69, 9.17) is 5.73 Å². The second kappa shape index (κ2) is 4.97. The molecule has 3 N–H and O–H groups in total. The van der Waals surface area contributed by atoms with Crippen molar-refractivity contribution < 1.29 is 18.0 Å². The number of hydrogen-bond acceptors (Lipinski definition) is 2. The Bertz CT molecular complexity index is 424. The van der Waals surface area contributed by atoms with E-state index in [9.17, 15) is 18.0 Å². The number of nitrogens with two attached hydrogens (primary N) is 1. The van der Waals surface area contributed by atoms with Gasteiger partial charge in [-0.2, -0.15) is 13.2 Å². The van der Waals surface area contributed by atoms with Crippen molar-refractivity contribution in [3.05, 3.63) is 29.8 Å². The Labute approximate surface area is 103 Å². The number of rotatable bonds is 3. The highest BCUT2D eigenvalue weighted by Crippen LogP contribution is 2.29. The molecule has 1 unspecified atom stereocenters. The van der Waals surface area contributed by atoms with Crippen LogP contribution in [-0.4, -0.2) is 17.6 Å². The van der Waals surface area contributed by atoms with E-state index in [0.717, 1.165) is 12.0 Å². The summed E-state index contributed by atoms with van der Waals surface area (Å²) < 4.78 is 37.6. The molecule has 0 fully saturated rings. The Balaban J connectivity index is 2.81. The van der Waals surface area contributed by atoms with Gasteiger partial charge in [0.05, 0.1) is 0 Å². The van der Waals surface area contributed by atoms with Crippen LogP contribution in [0.4, 0.5) is 18.9 Å². The van der Waals surface area contributed by atoms with Gasteiger partial charge in [-0.15, -0.1) is 0 Å². The van der Waals surface area contributed by atoms with Crippen molar-refractivity contribution in [2.75, 3.05) is 5.32 Å². The lowest BCUT2D eigenvalue weighted by atomic mass is 10.0. The summed E-state index contributed by atoms with van der Waals surface area (Å²) in [5, 5.41) is 2.16. The summed E-state index contributed by atoms with van der Waals surface area (Å²) >= 11 is 0. The maximum atomic E-state index is 12.5. The van der Waals surface area contributed by atoms with Crippen LogP contribution in [0.5, 0.6) is 0 Å². The largest absolute Gasteiger partial charge is 0.415 e. The molecule has 0 aliphatic rings. The Hall–Kier alpha value is -1.56. The van der Waals surface area contributed by atoms with Gasteiger partial charge in [0.2, 0.25) is 0 Å². The lowest BCUT2D eigenvalue weighted by Crippen LogP contribution is -2.59. The summed E-state index contributed by atoms with van der Waals surface area (Å²) in [6.45, 7) is 2.59. The first-order chi connectivity index (χ1) is 8.18. The van der Waals surface area contributed by atoms with Gasteiger partial charge < -0.3 is 11.1 Å². The number of carbonyl (C=O) groups excluding carboxylic acids is 1. The van der Waals surface area contributed by atoms with Gasteiger partial charge in [0.25, 0.3) is 5.91 Å². The molecular weight excluding hydrogens is 245 g/mol. The van der Waals surface area contributed by atoms with Crippen molar-refractivity contribution in [1.29, 1.82) is 0 Å². The third-order valence-electron chi connectivity index (χ3n) is 2.68. The van der Waals surface area contributed by atoms with Crippen LogP contribution in [0.3, 0.4) is 0 Å². The molecule has 1 amide bonds. The second-order valence-corrected chi connectivity index (χ2v) is 4.20. The first-order valence-electron chi connectivity index (χ1n) is 5.44. The fourth-order valence-electron chi connectivity index (χ4n) is 1.21. The topological polar surface area (TPSA) is 55.1 Å². The van der Waals surface area contributed by atoms with Gasteiger partial charge in [-0.05, 0) is 31.0 Å². The summed E-state index contributed by atoms with van der Waals surface area (Å²) in [4.78, 5) is 11.5. The number of hydrogen-bond donors (Lipinski definition) is 2. The van der Waals surface area contributed by atoms with Crippen molar-refractivity contribution in [3.63, 3.8) is 0 Å². The quantitative estimate of drug-likeness (QED) is 0.877. The third kappa shape index (κ3) is 3.01. The fraction of sp³-hybridized carbons (Fsp3) is 0.417. The third-order valence-corrected chi connectivity index (χ3v) is 2.68. The van der Waals surface area contributed by atoms with E-state index < -0.39 is 17.6 Å². The van der Waals surface area contributed by atoms with Crippen molar-refractivity contribution in [2.24, 2.45) is 5.73 Å². The standard InChI is InChI=1S/C12H15F3N2O/c1-3-8-4-6-9(7-5-8)17-10(18)11(2,16)12(13,14)15/h4-7H,3,16H2,1-2H3,(H,17,18). The smallest absolute Gasteiger partial charge is 0.324 e. The van der Waals surface area contributed by atoms with E-state index >= 15 is 0 Å². The minimum Gasteiger partial charge on any atom is -0.324 e. The highest BCUT2D eigenvalue weighted by atomic mass is 19.4. The molecule has 3 nitrogen and oxygen atoms in total. The number of halogens is 3. The van der Waals surface area contributed by atoms with E-state index in [0.29, 0.717) is 6.92 Å². The van der Waals surface area contributed by atoms with E-state index in [1.54, 1.807) is 24.3 Å². The van der Waals surface area contributed by atoms with Gasteiger partial charge in [0.1, 0.15) is 0 Å². The summed E-state index contributed by atoms with van der Waals surface area (Å²) in [5.74, 6) is -1.28. The molecule has 0 aromatic heterocycles. The normalized spacial score (nSPS) is 15.0. The Morgan fingerprint density at radius 2 is 1.78 bits per heavy atom. The molecule has 0 heterocycles. The highest BCUT2D eigenvalue weighted by Gasteiger charge is 2.53. The number of benzene rings is 1. The zero-order valence-electron chi connectivity index (χ0n) is 10.1. The van der Waals surface area contributed by atoms with E-state index in [-0.39, 0.29) is 5.69 Å². The van der Waals surface area contributed by atoms with Crippen LogP contribution in [0, 0.1) is 0 Å². The molecule has 0 aliphatic carbocycles. The van der Waals surface area contributed by atoms with E-state index in [1.165, 1.54) is 0 Å². The minimum absolute atomic E-state index is 0.290. The number of carbonyl (C=O) groups is 1.